The number of aromatic amines is 1. The van der Waals surface area contributed by atoms with Gasteiger partial charge in [-0.05, 0) is 18.8 Å². The molecular formula is C15H25N3O3. The lowest BCUT2D eigenvalue weighted by atomic mass is 9.94. The van der Waals surface area contributed by atoms with Crippen LogP contribution in [0.25, 0.3) is 0 Å². The molecule has 1 unspecified atom stereocenters. The number of aromatic nitrogens is 2. The van der Waals surface area contributed by atoms with E-state index in [1.54, 1.807) is 0 Å². The first-order chi connectivity index (χ1) is 10.0. The lowest BCUT2D eigenvalue weighted by Gasteiger charge is -2.15. The van der Waals surface area contributed by atoms with Crippen molar-refractivity contribution in [2.24, 2.45) is 5.92 Å². The number of aryl methyl sites for hydroxylation is 1. The minimum Gasteiger partial charge on any atom is -0.481 e. The molecule has 0 aliphatic rings. The van der Waals surface area contributed by atoms with Gasteiger partial charge in [0.2, 0.25) is 0 Å². The molecule has 1 aromatic heterocycles. The first-order valence-corrected chi connectivity index (χ1v) is 7.61. The van der Waals surface area contributed by atoms with E-state index in [0.29, 0.717) is 36.9 Å². The Bertz CT molecular complexity index is 499. The normalized spacial score (nSPS) is 12.1. The molecule has 0 fully saturated rings. The lowest BCUT2D eigenvalue weighted by molar-refractivity contribution is -0.137. The SMILES string of the molecule is CCCC(CCNc1cc(=O)[nH]c(CC)n1)CCC(=O)O. The highest BCUT2D eigenvalue weighted by atomic mass is 16.4. The van der Waals surface area contributed by atoms with Crippen LogP contribution in [0.15, 0.2) is 10.9 Å². The van der Waals surface area contributed by atoms with Crippen molar-refractivity contribution in [3.05, 3.63) is 22.2 Å². The van der Waals surface area contributed by atoms with Crippen LogP contribution in [-0.2, 0) is 11.2 Å². The predicted octanol–water partition coefficient (Wildman–Crippen LogP) is 2.42. The Morgan fingerprint density at radius 2 is 2.14 bits per heavy atom. The van der Waals surface area contributed by atoms with Crippen LogP contribution in [0.3, 0.4) is 0 Å². The number of carbonyl (C=O) groups is 1. The Labute approximate surface area is 125 Å². The van der Waals surface area contributed by atoms with Gasteiger partial charge >= 0.3 is 5.97 Å². The predicted molar refractivity (Wildman–Crippen MR) is 82.6 cm³/mol. The zero-order chi connectivity index (χ0) is 15.7. The minimum absolute atomic E-state index is 0.152. The molecule has 0 aliphatic carbocycles. The zero-order valence-electron chi connectivity index (χ0n) is 12.8. The topological polar surface area (TPSA) is 95.1 Å². The van der Waals surface area contributed by atoms with Crippen molar-refractivity contribution in [1.29, 1.82) is 0 Å². The van der Waals surface area contributed by atoms with E-state index in [0.717, 1.165) is 19.3 Å². The fourth-order valence-corrected chi connectivity index (χ4v) is 2.34. The number of carboxylic acids is 1. The number of rotatable bonds is 10. The largest absolute Gasteiger partial charge is 0.481 e. The molecule has 0 radical (unpaired) electrons. The highest BCUT2D eigenvalue weighted by molar-refractivity contribution is 5.66. The van der Waals surface area contributed by atoms with Crippen molar-refractivity contribution in [2.45, 2.75) is 52.4 Å². The smallest absolute Gasteiger partial charge is 0.303 e. The molecule has 1 rings (SSSR count). The maximum Gasteiger partial charge on any atom is 0.303 e. The first kappa shape index (κ1) is 17.2. The van der Waals surface area contributed by atoms with Gasteiger partial charge in [0, 0.05) is 25.5 Å². The Morgan fingerprint density at radius 1 is 1.38 bits per heavy atom. The summed E-state index contributed by atoms with van der Waals surface area (Å²) in [7, 11) is 0. The second kappa shape index (κ2) is 9.15. The van der Waals surface area contributed by atoms with E-state index in [9.17, 15) is 9.59 Å². The molecule has 0 saturated heterocycles. The summed E-state index contributed by atoms with van der Waals surface area (Å²) >= 11 is 0. The number of hydrogen-bond acceptors (Lipinski definition) is 4. The van der Waals surface area contributed by atoms with Crippen LogP contribution >= 0.6 is 0 Å². The third-order valence-electron chi connectivity index (χ3n) is 3.45. The van der Waals surface area contributed by atoms with Gasteiger partial charge in [0.25, 0.3) is 5.56 Å². The van der Waals surface area contributed by atoms with Gasteiger partial charge in [0.05, 0.1) is 0 Å². The average molecular weight is 295 g/mol. The second-order valence-electron chi connectivity index (χ2n) is 5.23. The quantitative estimate of drug-likeness (QED) is 0.616. The fourth-order valence-electron chi connectivity index (χ4n) is 2.34. The molecule has 6 heteroatoms. The van der Waals surface area contributed by atoms with E-state index in [1.807, 2.05) is 6.92 Å². The number of carboxylic acid groups (broad SMARTS) is 1. The van der Waals surface area contributed by atoms with Gasteiger partial charge in [-0.2, -0.15) is 0 Å². The Balaban J connectivity index is 2.47. The van der Waals surface area contributed by atoms with Crippen molar-refractivity contribution in [2.75, 3.05) is 11.9 Å². The van der Waals surface area contributed by atoms with Crippen LogP contribution in [0.2, 0.25) is 0 Å². The number of H-pyrrole nitrogens is 1. The summed E-state index contributed by atoms with van der Waals surface area (Å²) in [6.07, 6.45) is 4.56. The summed E-state index contributed by atoms with van der Waals surface area (Å²) in [5.74, 6) is 0.907. The van der Waals surface area contributed by atoms with Gasteiger partial charge in [-0.3, -0.25) is 9.59 Å². The zero-order valence-corrected chi connectivity index (χ0v) is 12.8. The Kier molecular flexibility index (Phi) is 7.50. The number of nitrogens with zero attached hydrogens (tertiary/aromatic N) is 1. The average Bonchev–Trinajstić information content (AvgIpc) is 2.44. The molecule has 6 nitrogen and oxygen atoms in total. The summed E-state index contributed by atoms with van der Waals surface area (Å²) < 4.78 is 0. The second-order valence-corrected chi connectivity index (χ2v) is 5.23. The van der Waals surface area contributed by atoms with Crippen molar-refractivity contribution in [3.63, 3.8) is 0 Å². The summed E-state index contributed by atoms with van der Waals surface area (Å²) in [6.45, 7) is 4.74. The van der Waals surface area contributed by atoms with Gasteiger partial charge < -0.3 is 15.4 Å². The summed E-state index contributed by atoms with van der Waals surface area (Å²) in [4.78, 5) is 29.1. The number of aliphatic carboxylic acids is 1. The number of hydrogen-bond donors (Lipinski definition) is 3. The molecule has 0 bridgehead atoms. The van der Waals surface area contributed by atoms with Crippen molar-refractivity contribution < 1.29 is 9.90 Å². The first-order valence-electron chi connectivity index (χ1n) is 7.61. The molecule has 0 spiro atoms. The molecule has 0 aliphatic heterocycles. The van der Waals surface area contributed by atoms with E-state index in [-0.39, 0.29) is 12.0 Å². The maximum absolute atomic E-state index is 11.4. The number of nitrogens with one attached hydrogen (secondary N) is 2. The third kappa shape index (κ3) is 6.92. The molecule has 1 heterocycles. The van der Waals surface area contributed by atoms with Crippen LogP contribution < -0.4 is 10.9 Å². The Hall–Kier alpha value is -1.85. The standard InChI is InChI=1S/C15H25N3O3/c1-3-5-11(6-7-15(20)21)8-9-16-13-10-14(19)18-12(4-2)17-13/h10-11H,3-9H2,1-2H3,(H,20,21)(H2,16,17,18,19). The lowest BCUT2D eigenvalue weighted by Crippen LogP contribution is -2.16. The highest BCUT2D eigenvalue weighted by Crippen LogP contribution is 2.17. The van der Waals surface area contributed by atoms with Crippen molar-refractivity contribution >= 4 is 11.8 Å². The molecule has 0 aromatic carbocycles. The summed E-state index contributed by atoms with van der Waals surface area (Å²) in [5, 5.41) is 11.9. The van der Waals surface area contributed by atoms with Gasteiger partial charge in [-0.25, -0.2) is 4.98 Å². The molecule has 0 saturated carbocycles. The van der Waals surface area contributed by atoms with Crippen molar-refractivity contribution in [3.8, 4) is 0 Å². The molecule has 3 N–H and O–H groups in total. The van der Waals surface area contributed by atoms with Gasteiger partial charge in [-0.15, -0.1) is 0 Å². The fraction of sp³-hybridized carbons (Fsp3) is 0.667. The van der Waals surface area contributed by atoms with Crippen molar-refractivity contribution in [1.82, 2.24) is 9.97 Å². The van der Waals surface area contributed by atoms with E-state index in [4.69, 9.17) is 5.11 Å². The maximum atomic E-state index is 11.4. The van der Waals surface area contributed by atoms with Crippen LogP contribution in [0.1, 0.15) is 51.8 Å². The summed E-state index contributed by atoms with van der Waals surface area (Å²) in [5.41, 5.74) is -0.152. The highest BCUT2D eigenvalue weighted by Gasteiger charge is 2.10. The monoisotopic (exact) mass is 295 g/mol. The van der Waals surface area contributed by atoms with E-state index in [1.165, 1.54) is 6.07 Å². The van der Waals surface area contributed by atoms with Gasteiger partial charge in [0.15, 0.2) is 0 Å². The van der Waals surface area contributed by atoms with E-state index < -0.39 is 5.97 Å². The molecule has 1 aromatic rings. The molecule has 0 amide bonds. The minimum atomic E-state index is -0.743. The third-order valence-corrected chi connectivity index (χ3v) is 3.45. The molecular weight excluding hydrogens is 270 g/mol. The van der Waals surface area contributed by atoms with Gasteiger partial charge in [-0.1, -0.05) is 26.7 Å². The molecule has 1 atom stereocenters. The van der Waals surface area contributed by atoms with E-state index in [2.05, 4.69) is 22.2 Å². The van der Waals surface area contributed by atoms with Crippen LogP contribution in [0.5, 0.6) is 0 Å². The van der Waals surface area contributed by atoms with Gasteiger partial charge in [0.1, 0.15) is 11.6 Å². The molecule has 118 valence electrons. The van der Waals surface area contributed by atoms with Crippen LogP contribution in [0.4, 0.5) is 5.82 Å². The molecule has 21 heavy (non-hydrogen) atoms. The number of anilines is 1. The van der Waals surface area contributed by atoms with Crippen LogP contribution in [-0.4, -0.2) is 27.6 Å². The summed E-state index contributed by atoms with van der Waals surface area (Å²) in [6, 6.07) is 1.45. The Morgan fingerprint density at radius 3 is 2.76 bits per heavy atom. The van der Waals surface area contributed by atoms with E-state index >= 15 is 0 Å². The van der Waals surface area contributed by atoms with Crippen LogP contribution in [0, 0.1) is 5.92 Å².